The van der Waals surface area contributed by atoms with E-state index in [0.717, 1.165) is 5.56 Å². The maximum absolute atomic E-state index is 11.7. The summed E-state index contributed by atoms with van der Waals surface area (Å²) in [5.74, 6) is -0.427. The van der Waals surface area contributed by atoms with Gasteiger partial charge in [-0.05, 0) is 42.0 Å². The lowest BCUT2D eigenvalue weighted by Gasteiger charge is -2.01. The molecule has 3 N–H and O–H groups in total. The molecule has 0 atom stereocenters. The molecule has 0 aliphatic carbocycles. The number of phenols is 2. The number of nitrogens with one attached hydrogen (secondary N) is 1. The van der Waals surface area contributed by atoms with E-state index in [-0.39, 0.29) is 17.1 Å². The Morgan fingerprint density at radius 2 is 1.74 bits per heavy atom. The molecule has 1 amide bonds. The zero-order valence-electron chi connectivity index (χ0n) is 9.95. The van der Waals surface area contributed by atoms with Gasteiger partial charge < -0.3 is 10.2 Å². The van der Waals surface area contributed by atoms with E-state index in [1.165, 1.54) is 30.5 Å². The van der Waals surface area contributed by atoms with Gasteiger partial charge in [0.15, 0.2) is 0 Å². The molecule has 0 fully saturated rings. The summed E-state index contributed by atoms with van der Waals surface area (Å²) in [6.07, 6.45) is 1.44. The van der Waals surface area contributed by atoms with Crippen LogP contribution in [-0.2, 0) is 0 Å². The van der Waals surface area contributed by atoms with Crippen molar-refractivity contribution in [1.82, 2.24) is 5.43 Å². The van der Waals surface area contributed by atoms with Crippen LogP contribution in [0.25, 0.3) is 0 Å². The first kappa shape index (κ1) is 12.6. The zero-order valence-corrected chi connectivity index (χ0v) is 9.95. The number of benzene rings is 2. The van der Waals surface area contributed by atoms with Gasteiger partial charge in [0.05, 0.1) is 11.8 Å². The SMILES string of the molecule is O=C(N/N=C\c1ccc(O)cc1)c1ccccc1O. The fraction of sp³-hybridized carbons (Fsp3) is 0. The highest BCUT2D eigenvalue weighted by molar-refractivity contribution is 5.97. The van der Waals surface area contributed by atoms with Gasteiger partial charge in [-0.15, -0.1) is 0 Å². The summed E-state index contributed by atoms with van der Waals surface area (Å²) in [6.45, 7) is 0. The van der Waals surface area contributed by atoms with E-state index >= 15 is 0 Å². The number of hydrogen-bond acceptors (Lipinski definition) is 4. The predicted octanol–water partition coefficient (Wildman–Crippen LogP) is 1.86. The number of hydrazone groups is 1. The maximum Gasteiger partial charge on any atom is 0.275 e. The third-order valence-corrected chi connectivity index (χ3v) is 2.42. The van der Waals surface area contributed by atoms with Gasteiger partial charge in [0.1, 0.15) is 11.5 Å². The van der Waals surface area contributed by atoms with Crippen molar-refractivity contribution in [3.63, 3.8) is 0 Å². The summed E-state index contributed by atoms with van der Waals surface area (Å²) in [6, 6.07) is 12.6. The van der Waals surface area contributed by atoms with Crippen molar-refractivity contribution in [3.8, 4) is 11.5 Å². The smallest absolute Gasteiger partial charge is 0.275 e. The second-order valence-electron chi connectivity index (χ2n) is 3.81. The molecule has 0 unspecified atom stereocenters. The molecule has 5 nitrogen and oxygen atoms in total. The number of rotatable bonds is 3. The van der Waals surface area contributed by atoms with E-state index in [2.05, 4.69) is 10.5 Å². The molecular weight excluding hydrogens is 244 g/mol. The normalized spacial score (nSPS) is 10.5. The Balaban J connectivity index is 2.01. The third-order valence-electron chi connectivity index (χ3n) is 2.42. The molecule has 19 heavy (non-hydrogen) atoms. The first-order valence-corrected chi connectivity index (χ1v) is 5.57. The van der Waals surface area contributed by atoms with Crippen LogP contribution < -0.4 is 5.43 Å². The molecular formula is C14H12N2O3. The summed E-state index contributed by atoms with van der Waals surface area (Å²) in [5, 5.41) is 22.4. The number of nitrogens with zero attached hydrogens (tertiary/aromatic N) is 1. The molecule has 0 aliphatic heterocycles. The summed E-state index contributed by atoms with van der Waals surface area (Å²) in [5.41, 5.74) is 3.20. The fourth-order valence-electron chi connectivity index (χ4n) is 1.45. The molecule has 2 aromatic carbocycles. The highest BCUT2D eigenvalue weighted by Gasteiger charge is 2.08. The van der Waals surface area contributed by atoms with E-state index in [4.69, 9.17) is 5.11 Å². The first-order chi connectivity index (χ1) is 9.16. The Bertz CT molecular complexity index is 606. The molecule has 2 rings (SSSR count). The lowest BCUT2D eigenvalue weighted by atomic mass is 10.2. The standard InChI is InChI=1S/C14H12N2O3/c17-11-7-5-10(6-8-11)9-15-16-14(19)12-3-1-2-4-13(12)18/h1-9,17-18H,(H,16,19)/b15-9-. The van der Waals surface area contributed by atoms with Crippen LogP contribution in [-0.4, -0.2) is 22.3 Å². The second kappa shape index (κ2) is 5.68. The number of aromatic hydroxyl groups is 2. The van der Waals surface area contributed by atoms with Gasteiger partial charge in [0.2, 0.25) is 0 Å². The van der Waals surface area contributed by atoms with Gasteiger partial charge in [-0.25, -0.2) is 5.43 Å². The molecule has 0 aliphatic rings. The Labute approximate surface area is 109 Å². The molecule has 2 aromatic rings. The number of carbonyl (C=O) groups is 1. The second-order valence-corrected chi connectivity index (χ2v) is 3.81. The lowest BCUT2D eigenvalue weighted by molar-refractivity contribution is 0.0952. The number of amides is 1. The fourth-order valence-corrected chi connectivity index (χ4v) is 1.45. The minimum Gasteiger partial charge on any atom is -0.508 e. The van der Waals surface area contributed by atoms with Gasteiger partial charge in [-0.1, -0.05) is 12.1 Å². The van der Waals surface area contributed by atoms with E-state index in [1.54, 1.807) is 24.3 Å². The number of para-hydroxylation sites is 1. The van der Waals surface area contributed by atoms with Crippen molar-refractivity contribution in [2.24, 2.45) is 5.10 Å². The van der Waals surface area contributed by atoms with E-state index in [0.29, 0.717) is 0 Å². The predicted molar refractivity (Wildman–Crippen MR) is 71.3 cm³/mol. The van der Waals surface area contributed by atoms with Gasteiger partial charge in [-0.3, -0.25) is 4.79 Å². The molecule has 0 aromatic heterocycles. The highest BCUT2D eigenvalue weighted by atomic mass is 16.3. The average molecular weight is 256 g/mol. The molecule has 0 saturated heterocycles. The number of hydrogen-bond donors (Lipinski definition) is 3. The van der Waals surface area contributed by atoms with Crippen LogP contribution in [0.15, 0.2) is 53.6 Å². The van der Waals surface area contributed by atoms with Gasteiger partial charge in [0, 0.05) is 0 Å². The minimum atomic E-state index is -0.492. The van der Waals surface area contributed by atoms with Crippen LogP contribution in [0.4, 0.5) is 0 Å². The minimum absolute atomic E-state index is 0.0974. The van der Waals surface area contributed by atoms with Crippen LogP contribution in [0.1, 0.15) is 15.9 Å². The molecule has 0 bridgehead atoms. The lowest BCUT2D eigenvalue weighted by Crippen LogP contribution is -2.17. The van der Waals surface area contributed by atoms with Crippen LogP contribution in [0.3, 0.4) is 0 Å². The quantitative estimate of drug-likeness (QED) is 0.579. The monoisotopic (exact) mass is 256 g/mol. The number of phenolic OH excluding ortho intramolecular Hbond substituents is 2. The highest BCUT2D eigenvalue weighted by Crippen LogP contribution is 2.14. The maximum atomic E-state index is 11.7. The molecule has 5 heteroatoms. The Kier molecular flexibility index (Phi) is 3.78. The van der Waals surface area contributed by atoms with Gasteiger partial charge >= 0.3 is 0 Å². The van der Waals surface area contributed by atoms with Crippen LogP contribution in [0.5, 0.6) is 11.5 Å². The third kappa shape index (κ3) is 3.32. The van der Waals surface area contributed by atoms with Crippen molar-refractivity contribution in [2.45, 2.75) is 0 Å². The molecule has 96 valence electrons. The van der Waals surface area contributed by atoms with Crippen LogP contribution >= 0.6 is 0 Å². The van der Waals surface area contributed by atoms with Crippen molar-refractivity contribution in [1.29, 1.82) is 0 Å². The van der Waals surface area contributed by atoms with E-state index in [1.807, 2.05) is 0 Å². The van der Waals surface area contributed by atoms with Gasteiger partial charge in [-0.2, -0.15) is 5.10 Å². The Morgan fingerprint density at radius 1 is 1.05 bits per heavy atom. The summed E-state index contributed by atoms with van der Waals surface area (Å²) in [4.78, 5) is 11.7. The van der Waals surface area contributed by atoms with Gasteiger partial charge in [0.25, 0.3) is 5.91 Å². The average Bonchev–Trinajstić information content (AvgIpc) is 2.41. The molecule has 0 heterocycles. The van der Waals surface area contributed by atoms with Crippen molar-refractivity contribution in [3.05, 3.63) is 59.7 Å². The molecule has 0 spiro atoms. The molecule has 0 saturated carbocycles. The Morgan fingerprint density at radius 3 is 2.42 bits per heavy atom. The summed E-state index contributed by atoms with van der Waals surface area (Å²) in [7, 11) is 0. The van der Waals surface area contributed by atoms with Crippen LogP contribution in [0.2, 0.25) is 0 Å². The van der Waals surface area contributed by atoms with E-state index in [9.17, 15) is 9.90 Å². The number of carbonyl (C=O) groups excluding carboxylic acids is 1. The van der Waals surface area contributed by atoms with Crippen molar-refractivity contribution < 1.29 is 15.0 Å². The Hall–Kier alpha value is -2.82. The summed E-state index contributed by atoms with van der Waals surface area (Å²) < 4.78 is 0. The van der Waals surface area contributed by atoms with Crippen molar-refractivity contribution in [2.75, 3.05) is 0 Å². The summed E-state index contributed by atoms with van der Waals surface area (Å²) >= 11 is 0. The van der Waals surface area contributed by atoms with Crippen molar-refractivity contribution >= 4 is 12.1 Å². The largest absolute Gasteiger partial charge is 0.508 e. The zero-order chi connectivity index (χ0) is 13.7. The molecule has 0 radical (unpaired) electrons. The van der Waals surface area contributed by atoms with Crippen LogP contribution in [0, 0.1) is 0 Å². The topological polar surface area (TPSA) is 81.9 Å². The first-order valence-electron chi connectivity index (χ1n) is 5.57. The van der Waals surface area contributed by atoms with E-state index < -0.39 is 5.91 Å².